The molecule has 2 fully saturated rings. The number of oxazole rings is 1. The van der Waals surface area contributed by atoms with E-state index in [4.69, 9.17) is 30.2 Å². The minimum atomic E-state index is -1.10. The molecule has 2 aliphatic rings. The van der Waals surface area contributed by atoms with Gasteiger partial charge >= 0.3 is 6.09 Å². The maximum absolute atomic E-state index is 14.3. The highest BCUT2D eigenvalue weighted by Crippen LogP contribution is 2.55. The number of rotatable bonds is 19. The maximum atomic E-state index is 14.3. The molecule has 18 heteroatoms. The van der Waals surface area contributed by atoms with E-state index < -0.39 is 63.8 Å². The molecule has 6 rings (SSSR count). The van der Waals surface area contributed by atoms with Crippen LogP contribution in [0.3, 0.4) is 0 Å². The molecule has 3 aromatic carbocycles. The van der Waals surface area contributed by atoms with Crippen LogP contribution in [0, 0.1) is 34.5 Å². The summed E-state index contributed by atoms with van der Waals surface area (Å²) in [5.41, 5.74) is 0.784. The Kier molecular flexibility index (Phi) is 17.8. The third kappa shape index (κ3) is 13.9. The fourth-order valence-electron chi connectivity index (χ4n) is 10.0. The van der Waals surface area contributed by atoms with Crippen molar-refractivity contribution >= 4 is 41.3 Å². The van der Waals surface area contributed by atoms with Crippen molar-refractivity contribution in [1.29, 1.82) is 5.26 Å². The number of hydrogen-bond donors (Lipinski definition) is 4. The lowest BCUT2D eigenvalue weighted by Crippen LogP contribution is -2.74. The van der Waals surface area contributed by atoms with Gasteiger partial charge in [0, 0.05) is 60.1 Å². The number of aliphatic hydroxyl groups is 1. The number of aromatic nitrogens is 1. The van der Waals surface area contributed by atoms with Gasteiger partial charge < -0.3 is 44.6 Å². The van der Waals surface area contributed by atoms with Gasteiger partial charge in [-0.05, 0) is 94.3 Å². The number of β-amino-alcohol motifs (C(OH)–C–C–N with tert-alkyl or cyclic N) is 1. The molecule has 4 N–H and O–H groups in total. The normalized spacial score (nSPS) is 19.3. The van der Waals surface area contributed by atoms with Crippen molar-refractivity contribution in [3.05, 3.63) is 101 Å². The fraction of sp³-hybridized carbons (Fsp3) is 0.518. The Hall–Kier alpha value is -6.64. The molecule has 0 bridgehead atoms. The zero-order valence-corrected chi connectivity index (χ0v) is 45.2. The lowest BCUT2D eigenvalue weighted by molar-refractivity contribution is -0.164. The van der Waals surface area contributed by atoms with E-state index >= 15 is 0 Å². The lowest BCUT2D eigenvalue weighted by Gasteiger charge is -2.63. The smallest absolute Gasteiger partial charge is 0.410 e. The van der Waals surface area contributed by atoms with Crippen LogP contribution < -0.4 is 25.4 Å². The Morgan fingerprint density at radius 2 is 1.61 bits per heavy atom. The number of benzene rings is 3. The number of nitrogens with one attached hydrogen (secondary N) is 3. The van der Waals surface area contributed by atoms with Gasteiger partial charge in [0.15, 0.2) is 12.2 Å². The predicted octanol–water partition coefficient (Wildman–Crippen LogP) is 8.38. The number of likely N-dealkylation sites (tertiary alicyclic amines) is 1. The lowest BCUT2D eigenvalue weighted by atomic mass is 9.49. The van der Waals surface area contributed by atoms with Gasteiger partial charge in [-0.3, -0.25) is 24.1 Å². The maximum Gasteiger partial charge on any atom is 0.410 e. The number of aryl methyl sites for hydroxylation is 1. The molecule has 1 saturated carbocycles. The summed E-state index contributed by atoms with van der Waals surface area (Å²) in [6.07, 6.45) is 1.36. The van der Waals surface area contributed by atoms with Crippen molar-refractivity contribution in [1.82, 2.24) is 30.7 Å². The van der Waals surface area contributed by atoms with E-state index in [-0.39, 0.29) is 50.7 Å². The zero-order chi connectivity index (χ0) is 54.3. The molecule has 0 spiro atoms. The largest absolute Gasteiger partial charge is 0.494 e. The molecule has 1 aliphatic carbocycles. The number of nitriles is 1. The first-order valence-corrected chi connectivity index (χ1v) is 25.5. The molecular weight excluding hydrogens is 966 g/mol. The minimum absolute atomic E-state index is 0.0335. The predicted molar refractivity (Wildman–Crippen MR) is 279 cm³/mol. The molecule has 17 nitrogen and oxygen atoms in total. The van der Waals surface area contributed by atoms with Gasteiger partial charge in [-0.2, -0.15) is 5.26 Å². The standard InChI is InChI=1S/C56H72ClN7O10/c1-34-45(72-33-60-34)36-17-15-35(16-18-36)30-59-48(68)43-27-39(65)31-64(43)49(69)46(53(2,3)4)61-44(66)32-63(52(70)74-54(5,6)7)25-13-12-14-26-71-40-22-19-37(20-23-40)47(67)62-50-55(8,9)51(56(50,10)11)73-41-24-21-38(29-58)42(57)28-41/h15-24,28,33,39,43,46,50-51,65H,12-14,25-27,30-32H2,1-11H3,(H,59,68)(H,61,66)(H,62,67)/t39-,43+,46?,50?,51?/m1/s1. The van der Waals surface area contributed by atoms with Crippen LogP contribution in [0.15, 0.2) is 77.5 Å². The van der Waals surface area contributed by atoms with E-state index in [9.17, 15) is 34.3 Å². The number of amides is 5. The van der Waals surface area contributed by atoms with Crippen LogP contribution in [-0.4, -0.2) is 112 Å². The van der Waals surface area contributed by atoms with Gasteiger partial charge in [0.05, 0.1) is 29.0 Å². The number of ether oxygens (including phenoxy) is 3. The summed E-state index contributed by atoms with van der Waals surface area (Å²) in [4.78, 5) is 75.4. The first-order valence-electron chi connectivity index (χ1n) is 25.1. The minimum Gasteiger partial charge on any atom is -0.494 e. The Morgan fingerprint density at radius 3 is 2.20 bits per heavy atom. The van der Waals surface area contributed by atoms with Crippen LogP contribution in [0.1, 0.15) is 122 Å². The van der Waals surface area contributed by atoms with Crippen molar-refractivity contribution in [2.45, 2.75) is 144 Å². The van der Waals surface area contributed by atoms with Gasteiger partial charge in [0.25, 0.3) is 5.91 Å². The Morgan fingerprint density at radius 1 is 0.946 bits per heavy atom. The van der Waals surface area contributed by atoms with Crippen LogP contribution in [0.25, 0.3) is 11.3 Å². The second-order valence-corrected chi connectivity index (χ2v) is 23.0. The van der Waals surface area contributed by atoms with Crippen molar-refractivity contribution in [3.8, 4) is 28.9 Å². The SMILES string of the molecule is Cc1ncoc1-c1ccc(CNC(=O)[C@@H]2C[C@@H](O)CN2C(=O)C(NC(=O)CN(CCCCCOc2ccc(C(=O)NC3C(C)(C)C(Oc4ccc(C#N)c(Cl)c4)C3(C)C)cc2)C(=O)OC(C)(C)C)C(C)(C)C)cc1. The second-order valence-electron chi connectivity index (χ2n) is 22.6. The Bertz CT molecular complexity index is 2670. The second kappa shape index (κ2) is 23.3. The summed E-state index contributed by atoms with van der Waals surface area (Å²) < 4.78 is 23.5. The van der Waals surface area contributed by atoms with E-state index in [0.29, 0.717) is 59.3 Å². The molecule has 3 atom stereocenters. The number of hydrogen-bond acceptors (Lipinski definition) is 12. The molecule has 4 aromatic rings. The number of carbonyl (C=O) groups is 5. The highest BCUT2D eigenvalue weighted by atomic mass is 35.5. The average Bonchev–Trinajstić information content (AvgIpc) is 3.95. The third-order valence-corrected chi connectivity index (χ3v) is 13.9. The Labute approximate surface area is 439 Å². The van der Waals surface area contributed by atoms with E-state index in [1.165, 1.54) is 16.2 Å². The number of aliphatic hydroxyl groups excluding tert-OH is 1. The van der Waals surface area contributed by atoms with Crippen LogP contribution in [-0.2, 0) is 25.7 Å². The highest BCUT2D eigenvalue weighted by molar-refractivity contribution is 6.31. The van der Waals surface area contributed by atoms with Crippen molar-refractivity contribution in [2.75, 3.05) is 26.2 Å². The van der Waals surface area contributed by atoms with Gasteiger partial charge in [0.1, 0.15) is 47.9 Å². The van der Waals surface area contributed by atoms with Gasteiger partial charge in [-0.1, -0.05) is 84.3 Å². The summed E-state index contributed by atoms with van der Waals surface area (Å²) in [6.45, 7) is 20.9. The van der Waals surface area contributed by atoms with E-state index in [0.717, 1.165) is 16.8 Å². The summed E-state index contributed by atoms with van der Waals surface area (Å²) in [5, 5.41) is 29.2. The van der Waals surface area contributed by atoms with Gasteiger partial charge in [-0.25, -0.2) is 9.78 Å². The average molecular weight is 1040 g/mol. The molecule has 1 saturated heterocycles. The number of nitrogens with zero attached hydrogens (tertiary/aromatic N) is 4. The molecule has 5 amide bonds. The number of halogens is 1. The van der Waals surface area contributed by atoms with Crippen LogP contribution >= 0.6 is 11.6 Å². The van der Waals surface area contributed by atoms with E-state index in [1.54, 1.807) is 84.0 Å². The zero-order valence-electron chi connectivity index (χ0n) is 44.5. The van der Waals surface area contributed by atoms with Crippen molar-refractivity contribution in [2.24, 2.45) is 16.2 Å². The van der Waals surface area contributed by atoms with Crippen molar-refractivity contribution < 1.29 is 47.7 Å². The topological polar surface area (TPSA) is 226 Å². The number of unbranched alkanes of at least 4 members (excludes halogenated alkanes) is 2. The summed E-state index contributed by atoms with van der Waals surface area (Å²) in [7, 11) is 0. The van der Waals surface area contributed by atoms with Crippen LogP contribution in [0.2, 0.25) is 5.02 Å². The third-order valence-electron chi connectivity index (χ3n) is 13.6. The molecular formula is C56H72ClN7O10. The summed E-state index contributed by atoms with van der Waals surface area (Å²) in [5.74, 6) is 0.0432. The first-order chi connectivity index (χ1) is 34.7. The summed E-state index contributed by atoms with van der Waals surface area (Å²) >= 11 is 6.25. The molecule has 2 heterocycles. The van der Waals surface area contributed by atoms with E-state index in [2.05, 4.69) is 27.0 Å². The molecule has 1 aromatic heterocycles. The summed E-state index contributed by atoms with van der Waals surface area (Å²) in [6, 6.07) is 19.2. The van der Waals surface area contributed by atoms with Crippen molar-refractivity contribution in [3.63, 3.8) is 0 Å². The Balaban J connectivity index is 0.975. The van der Waals surface area contributed by atoms with Crippen LogP contribution in [0.4, 0.5) is 4.79 Å². The monoisotopic (exact) mass is 1040 g/mol. The van der Waals surface area contributed by atoms with E-state index in [1.807, 2.05) is 58.9 Å². The molecule has 398 valence electrons. The molecule has 1 unspecified atom stereocenters. The first kappa shape index (κ1) is 56.7. The fourth-order valence-corrected chi connectivity index (χ4v) is 10.2. The number of carbonyl (C=O) groups excluding carboxylic acids is 5. The molecule has 0 radical (unpaired) electrons. The quantitative estimate of drug-likeness (QED) is 0.0650. The molecule has 74 heavy (non-hydrogen) atoms. The highest BCUT2D eigenvalue weighted by Gasteiger charge is 2.64. The van der Waals surface area contributed by atoms with Gasteiger partial charge in [-0.15, -0.1) is 0 Å². The molecule has 1 aliphatic heterocycles. The van der Waals surface area contributed by atoms with Gasteiger partial charge in [0.2, 0.25) is 17.7 Å². The van der Waals surface area contributed by atoms with Crippen LogP contribution in [0.5, 0.6) is 11.5 Å².